The molecule has 0 unspecified atom stereocenters. The number of sulfonamides is 1. The van der Waals surface area contributed by atoms with E-state index in [1.54, 1.807) is 32.0 Å². The van der Waals surface area contributed by atoms with E-state index in [4.69, 9.17) is 16.7 Å². The fraction of sp³-hybridized carbons (Fsp3) is 0.263. The van der Waals surface area contributed by atoms with E-state index in [0.717, 1.165) is 0 Å². The molecule has 0 saturated carbocycles. The number of halogens is 1. The number of carboxylic acids is 1. The molecule has 0 bridgehead atoms. The number of carboxylic acid groups (broad SMARTS) is 1. The first-order valence-corrected chi connectivity index (χ1v) is 10.2. The molecule has 2 rings (SSSR count). The number of rotatable bonds is 8. The van der Waals surface area contributed by atoms with Crippen molar-refractivity contribution in [1.29, 1.82) is 0 Å². The molecule has 0 aliphatic heterocycles. The molecule has 1 amide bonds. The normalized spacial score (nSPS) is 11.7. The van der Waals surface area contributed by atoms with E-state index < -0.39 is 21.4 Å². The van der Waals surface area contributed by atoms with E-state index in [1.807, 2.05) is 0 Å². The van der Waals surface area contributed by atoms with Crippen LogP contribution in [-0.4, -0.2) is 25.4 Å². The van der Waals surface area contributed by atoms with Gasteiger partial charge < -0.3 is 10.4 Å². The molecule has 2 aromatic carbocycles. The van der Waals surface area contributed by atoms with Gasteiger partial charge in [-0.25, -0.2) is 8.42 Å². The van der Waals surface area contributed by atoms with Gasteiger partial charge in [0.1, 0.15) is 0 Å². The third-order valence-corrected chi connectivity index (χ3v) is 5.44. The summed E-state index contributed by atoms with van der Waals surface area (Å²) in [5, 5.41) is 12.0. The smallest absolute Gasteiger partial charge is 0.303 e. The van der Waals surface area contributed by atoms with Gasteiger partial charge in [0.15, 0.2) is 0 Å². The van der Waals surface area contributed by atoms with Crippen LogP contribution in [0.25, 0.3) is 0 Å². The molecule has 0 spiro atoms. The lowest BCUT2D eigenvalue weighted by Crippen LogP contribution is -2.24. The molecular weight excluding hydrogens is 404 g/mol. The van der Waals surface area contributed by atoms with Crippen LogP contribution in [0.3, 0.4) is 0 Å². The summed E-state index contributed by atoms with van der Waals surface area (Å²) in [6.07, 6.45) is -0.124. The second-order valence-corrected chi connectivity index (χ2v) is 9.22. The third kappa shape index (κ3) is 6.54. The summed E-state index contributed by atoms with van der Waals surface area (Å²) in [6, 6.07) is 12.0. The molecule has 28 heavy (non-hydrogen) atoms. The molecule has 0 aromatic heterocycles. The van der Waals surface area contributed by atoms with Crippen LogP contribution >= 0.6 is 11.6 Å². The van der Waals surface area contributed by atoms with Gasteiger partial charge in [0.05, 0.1) is 17.0 Å². The van der Waals surface area contributed by atoms with Crippen molar-refractivity contribution in [3.63, 3.8) is 0 Å². The number of hydrogen-bond donors (Lipinski definition) is 3. The van der Waals surface area contributed by atoms with Gasteiger partial charge in [0.2, 0.25) is 5.91 Å². The van der Waals surface area contributed by atoms with Crippen LogP contribution in [-0.2, 0) is 19.6 Å². The highest BCUT2D eigenvalue weighted by molar-refractivity contribution is 7.92. The van der Waals surface area contributed by atoms with E-state index in [9.17, 15) is 18.0 Å². The van der Waals surface area contributed by atoms with Gasteiger partial charge in [-0.2, -0.15) is 0 Å². The average molecular weight is 425 g/mol. The summed E-state index contributed by atoms with van der Waals surface area (Å²) in [6.45, 7) is 3.38. The van der Waals surface area contributed by atoms with E-state index in [2.05, 4.69) is 10.0 Å². The van der Waals surface area contributed by atoms with Crippen LogP contribution in [0.15, 0.2) is 53.4 Å². The topological polar surface area (TPSA) is 113 Å². The van der Waals surface area contributed by atoms with Gasteiger partial charge in [-0.3, -0.25) is 14.3 Å². The molecule has 0 aliphatic rings. The molecule has 0 fully saturated rings. The van der Waals surface area contributed by atoms with Crippen molar-refractivity contribution in [2.45, 2.75) is 31.6 Å². The maximum atomic E-state index is 12.4. The molecule has 7 nitrogen and oxygen atoms in total. The minimum atomic E-state index is -3.80. The molecule has 0 atom stereocenters. The Kier molecular flexibility index (Phi) is 6.69. The lowest BCUT2D eigenvalue weighted by molar-refractivity contribution is -0.139. The summed E-state index contributed by atoms with van der Waals surface area (Å²) in [4.78, 5) is 23.1. The van der Waals surface area contributed by atoms with Crippen LogP contribution in [0.4, 0.5) is 11.4 Å². The maximum absolute atomic E-state index is 12.4. The van der Waals surface area contributed by atoms with Crippen LogP contribution in [0.2, 0.25) is 5.02 Å². The van der Waals surface area contributed by atoms with E-state index in [0.29, 0.717) is 10.7 Å². The Morgan fingerprint density at radius 2 is 1.64 bits per heavy atom. The fourth-order valence-electron chi connectivity index (χ4n) is 2.60. The van der Waals surface area contributed by atoms with Gasteiger partial charge in [-0.05, 0) is 47.9 Å². The van der Waals surface area contributed by atoms with Gasteiger partial charge in [0, 0.05) is 17.1 Å². The lowest BCUT2D eigenvalue weighted by atomic mass is 9.85. The van der Waals surface area contributed by atoms with Crippen LogP contribution < -0.4 is 10.0 Å². The second-order valence-electron chi connectivity index (χ2n) is 7.10. The fourth-order valence-corrected chi connectivity index (χ4v) is 3.78. The number of aliphatic carboxylic acids is 1. The van der Waals surface area contributed by atoms with Crippen molar-refractivity contribution in [2.24, 2.45) is 5.41 Å². The lowest BCUT2D eigenvalue weighted by Gasteiger charge is -2.21. The zero-order chi connectivity index (χ0) is 20.9. The highest BCUT2D eigenvalue weighted by Crippen LogP contribution is 2.26. The van der Waals surface area contributed by atoms with Crippen molar-refractivity contribution >= 4 is 44.9 Å². The largest absolute Gasteiger partial charge is 0.481 e. The predicted molar refractivity (Wildman–Crippen MR) is 108 cm³/mol. The standard InChI is InChI=1S/C19H21ClN2O5S/c1-19(2,12-18(24)25)11-17(23)21-14-4-3-5-15(10-14)22-28(26,27)16-8-6-13(20)7-9-16/h3-10,22H,11-12H2,1-2H3,(H,21,23)(H,24,25). The summed E-state index contributed by atoms with van der Waals surface area (Å²) < 4.78 is 27.3. The Bertz CT molecular complexity index is 972. The Morgan fingerprint density at radius 1 is 1.04 bits per heavy atom. The highest BCUT2D eigenvalue weighted by atomic mass is 35.5. The molecule has 9 heteroatoms. The minimum absolute atomic E-state index is 0.0139. The van der Waals surface area contributed by atoms with Crippen molar-refractivity contribution in [3.05, 3.63) is 53.6 Å². The first-order chi connectivity index (χ1) is 13.0. The Balaban J connectivity index is 2.08. The second kappa shape index (κ2) is 8.62. The Hall–Kier alpha value is -2.58. The molecule has 0 saturated heterocycles. The third-order valence-electron chi connectivity index (χ3n) is 3.79. The SMILES string of the molecule is CC(C)(CC(=O)O)CC(=O)Nc1cccc(NS(=O)(=O)c2ccc(Cl)cc2)c1. The molecule has 150 valence electrons. The minimum Gasteiger partial charge on any atom is -0.481 e. The monoisotopic (exact) mass is 424 g/mol. The number of carbonyl (C=O) groups is 2. The van der Waals surface area contributed by atoms with Crippen LogP contribution in [0, 0.1) is 5.41 Å². The van der Waals surface area contributed by atoms with Gasteiger partial charge in [0.25, 0.3) is 10.0 Å². The number of nitrogens with one attached hydrogen (secondary N) is 2. The first-order valence-electron chi connectivity index (χ1n) is 8.37. The zero-order valence-electron chi connectivity index (χ0n) is 15.4. The highest BCUT2D eigenvalue weighted by Gasteiger charge is 2.25. The summed E-state index contributed by atoms with van der Waals surface area (Å²) in [5.74, 6) is -1.33. The maximum Gasteiger partial charge on any atom is 0.303 e. The van der Waals surface area contributed by atoms with Gasteiger partial charge in [-0.1, -0.05) is 31.5 Å². The predicted octanol–water partition coefficient (Wildman–Crippen LogP) is 3.97. The van der Waals surface area contributed by atoms with Crippen LogP contribution in [0.5, 0.6) is 0 Å². The summed E-state index contributed by atoms with van der Waals surface area (Å²) in [5.41, 5.74) is -0.0334. The van der Waals surface area contributed by atoms with E-state index >= 15 is 0 Å². The van der Waals surface area contributed by atoms with Crippen molar-refractivity contribution in [2.75, 3.05) is 10.0 Å². The molecular formula is C19H21ClN2O5S. The molecule has 0 heterocycles. The quantitative estimate of drug-likeness (QED) is 0.593. The Morgan fingerprint density at radius 3 is 2.25 bits per heavy atom. The van der Waals surface area contributed by atoms with E-state index in [1.165, 1.54) is 30.3 Å². The number of hydrogen-bond acceptors (Lipinski definition) is 4. The van der Waals surface area contributed by atoms with Crippen LogP contribution in [0.1, 0.15) is 26.7 Å². The van der Waals surface area contributed by atoms with E-state index in [-0.39, 0.29) is 29.3 Å². The summed E-state index contributed by atoms with van der Waals surface area (Å²) >= 11 is 5.78. The average Bonchev–Trinajstić information content (AvgIpc) is 2.53. The zero-order valence-corrected chi connectivity index (χ0v) is 17.0. The molecule has 0 aliphatic carbocycles. The van der Waals surface area contributed by atoms with Crippen molar-refractivity contribution in [3.8, 4) is 0 Å². The van der Waals surface area contributed by atoms with Crippen molar-refractivity contribution < 1.29 is 23.1 Å². The molecule has 3 N–H and O–H groups in total. The number of benzene rings is 2. The number of carbonyl (C=O) groups excluding carboxylic acids is 1. The molecule has 2 aromatic rings. The van der Waals surface area contributed by atoms with Gasteiger partial charge in [-0.15, -0.1) is 0 Å². The number of anilines is 2. The summed E-state index contributed by atoms with van der Waals surface area (Å²) in [7, 11) is -3.80. The first kappa shape index (κ1) is 21.7. The number of amides is 1. The van der Waals surface area contributed by atoms with Gasteiger partial charge >= 0.3 is 5.97 Å². The van der Waals surface area contributed by atoms with Crippen molar-refractivity contribution in [1.82, 2.24) is 0 Å². The Labute approximate surface area is 168 Å². The molecule has 0 radical (unpaired) electrons.